The van der Waals surface area contributed by atoms with Crippen LogP contribution in [0.2, 0.25) is 0 Å². The first-order valence-electron chi connectivity index (χ1n) is 22.1. The Labute approximate surface area is 363 Å². The van der Waals surface area contributed by atoms with Crippen LogP contribution in [0.15, 0.2) is 60.4 Å². The van der Waals surface area contributed by atoms with Crippen LogP contribution in [0.1, 0.15) is 120 Å². The Hall–Kier alpha value is -5.92. The van der Waals surface area contributed by atoms with Crippen LogP contribution in [0.25, 0.3) is 33.6 Å². The van der Waals surface area contributed by atoms with Gasteiger partial charge in [-0.15, -0.1) is 0 Å². The molecule has 0 radical (unpaired) electrons. The Balaban J connectivity index is 1.04. The molecule has 62 heavy (non-hydrogen) atoms. The standard InChI is InChI=1S/C48H60N8O6/c1-25(2)41(53-47(59)61-7)45(57)55-23-27(5)19-37(55)43-49-21-35(51-43)30-11-9-29(10-12-30)33-17-18-34(40-32-15-13-31(14-16-32)39(33)40)36-22-50-44(52-36)38-20-28(6)24-56(38)46(58)42(26(3)4)54-48(60)62-8/h9-12,17-19,21-22,25-26,28,31-32,37-38,41-42H,13-16,20,23-24H2,1-8H3,(H,49,51)(H,50,52)(H,53,59)(H,54,60)/t28-,31?,32?,37+,38+,41+,42?/m1/s1. The van der Waals surface area contributed by atoms with Gasteiger partial charge >= 0.3 is 12.2 Å². The molecule has 2 aliphatic heterocycles. The number of likely N-dealkylation sites (tertiary alicyclic amines) is 1. The number of imidazole rings is 2. The quantitative estimate of drug-likeness (QED) is 0.109. The number of ether oxygens (including phenoxy) is 2. The molecule has 1 saturated carbocycles. The van der Waals surface area contributed by atoms with E-state index in [9.17, 15) is 19.2 Å². The van der Waals surface area contributed by atoms with Crippen molar-refractivity contribution in [1.82, 2.24) is 40.4 Å². The third kappa shape index (κ3) is 8.11. The third-order valence-corrected chi connectivity index (χ3v) is 13.5. The predicted octanol–water partition coefficient (Wildman–Crippen LogP) is 8.39. The van der Waals surface area contributed by atoms with E-state index in [1.165, 1.54) is 62.2 Å². The number of amides is 4. The molecule has 4 amide bonds. The van der Waals surface area contributed by atoms with Crippen molar-refractivity contribution in [3.8, 4) is 33.6 Å². The van der Waals surface area contributed by atoms with Crippen LogP contribution in [0, 0.1) is 17.8 Å². The topological polar surface area (TPSA) is 175 Å². The first-order chi connectivity index (χ1) is 29.8. The van der Waals surface area contributed by atoms with Crippen molar-refractivity contribution in [2.45, 2.75) is 110 Å². The molecule has 2 bridgehead atoms. The van der Waals surface area contributed by atoms with Gasteiger partial charge in [0.15, 0.2) is 0 Å². The smallest absolute Gasteiger partial charge is 0.407 e. The van der Waals surface area contributed by atoms with Gasteiger partial charge in [0.25, 0.3) is 0 Å². The maximum atomic E-state index is 14.0. The highest BCUT2D eigenvalue weighted by molar-refractivity contribution is 5.88. The van der Waals surface area contributed by atoms with E-state index in [-0.39, 0.29) is 35.6 Å². The van der Waals surface area contributed by atoms with Crippen LogP contribution in [0.4, 0.5) is 9.59 Å². The van der Waals surface area contributed by atoms with Crippen molar-refractivity contribution < 1.29 is 28.7 Å². The number of nitrogens with one attached hydrogen (secondary N) is 4. The number of H-pyrrole nitrogens is 2. The number of fused-ring (bicyclic) bond motifs is 2. The minimum Gasteiger partial charge on any atom is -0.453 e. The largest absolute Gasteiger partial charge is 0.453 e. The summed E-state index contributed by atoms with van der Waals surface area (Å²) in [5.41, 5.74) is 10.3. The SMILES string of the molecule is COC(=O)NC(C(=O)N1C[C@H](C)C[C@H]1c1ncc(-c2ccc(-c3ccc(-c4cnc([C@@H]5C=C(C)CN5C(=O)[C@@H](NC(=O)OC)C(C)C)[nH]4)cc3)c3c2C2CCC3CC2)[nH]1)C(C)C. The van der Waals surface area contributed by atoms with E-state index in [4.69, 9.17) is 19.4 Å². The molecular formula is C48H60N8O6. The Morgan fingerprint density at radius 1 is 0.710 bits per heavy atom. The van der Waals surface area contributed by atoms with Crippen LogP contribution in [0.5, 0.6) is 0 Å². The van der Waals surface area contributed by atoms with E-state index in [0.29, 0.717) is 30.7 Å². The normalized spacial score (nSPS) is 22.7. The number of alkyl carbamates (subject to hydrolysis) is 2. The third-order valence-electron chi connectivity index (χ3n) is 13.5. The Kier molecular flexibility index (Phi) is 12.0. The van der Waals surface area contributed by atoms with Crippen LogP contribution < -0.4 is 10.6 Å². The van der Waals surface area contributed by atoms with Crippen LogP contribution in [-0.2, 0) is 19.1 Å². The molecule has 9 rings (SSSR count). The minimum atomic E-state index is -0.732. The Morgan fingerprint density at radius 3 is 1.82 bits per heavy atom. The highest BCUT2D eigenvalue weighted by Crippen LogP contribution is 2.55. The summed E-state index contributed by atoms with van der Waals surface area (Å²) in [6.07, 6.45) is 10.0. The number of hydrogen-bond donors (Lipinski definition) is 4. The van der Waals surface area contributed by atoms with Gasteiger partial charge in [-0.1, -0.05) is 82.7 Å². The van der Waals surface area contributed by atoms with Gasteiger partial charge in [-0.05, 0) is 96.4 Å². The van der Waals surface area contributed by atoms with E-state index in [0.717, 1.165) is 40.3 Å². The number of nitrogens with zero attached hydrogens (tertiary/aromatic N) is 4. The fourth-order valence-electron chi connectivity index (χ4n) is 10.3. The van der Waals surface area contributed by atoms with Gasteiger partial charge in [0.05, 0.1) is 44.0 Å². The van der Waals surface area contributed by atoms with E-state index in [2.05, 4.69) is 63.9 Å². The molecule has 14 heteroatoms. The number of carbonyl (C=O) groups is 4. The number of aromatic amines is 2. The van der Waals surface area contributed by atoms with Gasteiger partial charge in [-0.2, -0.15) is 0 Å². The van der Waals surface area contributed by atoms with Crippen molar-refractivity contribution in [3.63, 3.8) is 0 Å². The second-order valence-corrected chi connectivity index (χ2v) is 18.5. The molecule has 328 valence electrons. The minimum absolute atomic E-state index is 0.114. The van der Waals surface area contributed by atoms with Crippen LogP contribution in [-0.4, -0.2) is 93.1 Å². The number of aromatic nitrogens is 4. The van der Waals surface area contributed by atoms with E-state index in [1.54, 1.807) is 4.90 Å². The molecule has 5 aliphatic rings. The number of hydrogen-bond acceptors (Lipinski definition) is 8. The summed E-state index contributed by atoms with van der Waals surface area (Å²) in [7, 11) is 2.60. The first-order valence-corrected chi connectivity index (χ1v) is 22.1. The lowest BCUT2D eigenvalue weighted by atomic mass is 9.64. The zero-order valence-corrected chi connectivity index (χ0v) is 37.1. The summed E-state index contributed by atoms with van der Waals surface area (Å²) in [6, 6.07) is 11.1. The molecule has 4 aromatic rings. The molecule has 2 aromatic carbocycles. The Morgan fingerprint density at radius 2 is 1.23 bits per heavy atom. The summed E-state index contributed by atoms with van der Waals surface area (Å²) in [6.45, 7) is 12.8. The van der Waals surface area contributed by atoms with E-state index < -0.39 is 30.3 Å². The average molecular weight is 845 g/mol. The van der Waals surface area contributed by atoms with Crippen LogP contribution >= 0.6 is 0 Å². The highest BCUT2D eigenvalue weighted by atomic mass is 16.5. The van der Waals surface area contributed by atoms with Gasteiger partial charge in [0.2, 0.25) is 11.8 Å². The monoisotopic (exact) mass is 844 g/mol. The van der Waals surface area contributed by atoms with Gasteiger partial charge in [0, 0.05) is 18.7 Å². The summed E-state index contributed by atoms with van der Waals surface area (Å²) < 4.78 is 9.64. The van der Waals surface area contributed by atoms with Crippen molar-refractivity contribution in [2.24, 2.45) is 17.8 Å². The lowest BCUT2D eigenvalue weighted by Gasteiger charge is -2.41. The summed E-state index contributed by atoms with van der Waals surface area (Å²) in [5, 5.41) is 5.47. The second-order valence-electron chi connectivity index (χ2n) is 18.5. The zero-order valence-electron chi connectivity index (χ0n) is 37.1. The zero-order chi connectivity index (χ0) is 44.0. The number of methoxy groups -OCH3 is 2. The maximum Gasteiger partial charge on any atom is 0.407 e. The highest BCUT2D eigenvalue weighted by Gasteiger charge is 2.42. The molecule has 5 atom stereocenters. The van der Waals surface area contributed by atoms with Crippen molar-refractivity contribution in [1.29, 1.82) is 0 Å². The van der Waals surface area contributed by atoms with Crippen molar-refractivity contribution >= 4 is 24.0 Å². The Bertz CT molecular complexity index is 2360. The lowest BCUT2D eigenvalue weighted by Crippen LogP contribution is -2.51. The number of benzene rings is 2. The molecule has 2 fully saturated rings. The second kappa shape index (κ2) is 17.5. The number of carbonyl (C=O) groups excluding carboxylic acids is 4. The molecule has 1 saturated heterocycles. The van der Waals surface area contributed by atoms with E-state index in [1.807, 2.05) is 58.0 Å². The average Bonchev–Trinajstić information content (AvgIpc) is 4.11. The fraction of sp³-hybridized carbons (Fsp3) is 0.500. The lowest BCUT2D eigenvalue weighted by molar-refractivity contribution is -0.136. The maximum absolute atomic E-state index is 14.0. The molecule has 3 aliphatic carbocycles. The molecule has 2 aromatic heterocycles. The molecule has 1 unspecified atom stereocenters. The van der Waals surface area contributed by atoms with Crippen molar-refractivity contribution in [3.05, 3.63) is 83.2 Å². The molecule has 4 heterocycles. The summed E-state index contributed by atoms with van der Waals surface area (Å²) in [5.74, 6) is 2.09. The number of rotatable bonds is 11. The molecular weight excluding hydrogens is 785 g/mol. The molecule has 4 N–H and O–H groups in total. The molecule has 14 nitrogen and oxygen atoms in total. The van der Waals surface area contributed by atoms with E-state index >= 15 is 0 Å². The van der Waals surface area contributed by atoms with Crippen LogP contribution in [0.3, 0.4) is 0 Å². The fourth-order valence-corrected chi connectivity index (χ4v) is 10.3. The van der Waals surface area contributed by atoms with Crippen molar-refractivity contribution in [2.75, 3.05) is 27.3 Å². The van der Waals surface area contributed by atoms with Gasteiger partial charge < -0.3 is 39.9 Å². The van der Waals surface area contributed by atoms with Gasteiger partial charge in [-0.25, -0.2) is 19.6 Å². The first kappa shape index (κ1) is 42.8. The predicted molar refractivity (Wildman–Crippen MR) is 236 cm³/mol. The summed E-state index contributed by atoms with van der Waals surface area (Å²) in [4.78, 5) is 72.5. The summed E-state index contributed by atoms with van der Waals surface area (Å²) >= 11 is 0. The van der Waals surface area contributed by atoms with Gasteiger partial charge in [-0.3, -0.25) is 9.59 Å². The van der Waals surface area contributed by atoms with Gasteiger partial charge in [0.1, 0.15) is 29.8 Å². The molecule has 0 spiro atoms.